The first-order valence-electron chi connectivity index (χ1n) is 6.57. The Morgan fingerprint density at radius 3 is 2.80 bits per heavy atom. The van der Waals surface area contributed by atoms with E-state index in [9.17, 15) is 0 Å². The molecule has 1 aliphatic carbocycles. The Morgan fingerprint density at radius 1 is 1.27 bits per heavy atom. The van der Waals surface area contributed by atoms with Crippen molar-refractivity contribution in [3.05, 3.63) is 0 Å². The summed E-state index contributed by atoms with van der Waals surface area (Å²) in [7, 11) is 0. The zero-order valence-electron chi connectivity index (χ0n) is 10.4. The highest BCUT2D eigenvalue weighted by molar-refractivity contribution is 4.80. The molecule has 90 valence electrons. The van der Waals surface area contributed by atoms with E-state index >= 15 is 0 Å². The SMILES string of the molecule is CCCCOCCC1CC(C)CCC1N. The van der Waals surface area contributed by atoms with Crippen LogP contribution >= 0.6 is 0 Å². The summed E-state index contributed by atoms with van der Waals surface area (Å²) < 4.78 is 5.60. The third-order valence-corrected chi connectivity index (χ3v) is 3.58. The van der Waals surface area contributed by atoms with Crippen LogP contribution < -0.4 is 5.73 Å². The molecule has 0 heterocycles. The van der Waals surface area contributed by atoms with Gasteiger partial charge in [-0.3, -0.25) is 0 Å². The van der Waals surface area contributed by atoms with Gasteiger partial charge in [0.15, 0.2) is 0 Å². The summed E-state index contributed by atoms with van der Waals surface area (Å²) in [6, 6.07) is 0.427. The largest absolute Gasteiger partial charge is 0.381 e. The second-order valence-electron chi connectivity index (χ2n) is 5.10. The average Bonchev–Trinajstić information content (AvgIpc) is 2.23. The van der Waals surface area contributed by atoms with Crippen LogP contribution in [0.1, 0.15) is 52.4 Å². The molecule has 15 heavy (non-hydrogen) atoms. The van der Waals surface area contributed by atoms with Gasteiger partial charge in [-0.1, -0.05) is 20.3 Å². The van der Waals surface area contributed by atoms with E-state index in [0.717, 1.165) is 25.6 Å². The van der Waals surface area contributed by atoms with E-state index < -0.39 is 0 Å². The molecule has 1 fully saturated rings. The van der Waals surface area contributed by atoms with Crippen LogP contribution in [0, 0.1) is 11.8 Å². The minimum atomic E-state index is 0.427. The lowest BCUT2D eigenvalue weighted by Gasteiger charge is -2.32. The van der Waals surface area contributed by atoms with Crippen molar-refractivity contribution in [1.82, 2.24) is 0 Å². The molecule has 1 rings (SSSR count). The summed E-state index contributed by atoms with van der Waals surface area (Å²) in [4.78, 5) is 0. The summed E-state index contributed by atoms with van der Waals surface area (Å²) in [6.45, 7) is 6.37. The lowest BCUT2D eigenvalue weighted by atomic mass is 9.78. The Kier molecular flexibility index (Phi) is 6.26. The molecule has 0 amide bonds. The highest BCUT2D eigenvalue weighted by Gasteiger charge is 2.25. The van der Waals surface area contributed by atoms with E-state index in [0.29, 0.717) is 12.0 Å². The second kappa shape index (κ2) is 7.24. The van der Waals surface area contributed by atoms with Crippen LogP contribution in [0.5, 0.6) is 0 Å². The zero-order valence-corrected chi connectivity index (χ0v) is 10.4. The minimum Gasteiger partial charge on any atom is -0.381 e. The van der Waals surface area contributed by atoms with Crippen molar-refractivity contribution >= 4 is 0 Å². The fourth-order valence-corrected chi connectivity index (χ4v) is 2.44. The molecule has 1 saturated carbocycles. The number of unbranched alkanes of at least 4 members (excludes halogenated alkanes) is 1. The number of nitrogens with two attached hydrogens (primary N) is 1. The number of ether oxygens (including phenoxy) is 1. The molecule has 0 aromatic rings. The van der Waals surface area contributed by atoms with Crippen molar-refractivity contribution in [2.24, 2.45) is 17.6 Å². The maximum Gasteiger partial charge on any atom is 0.0469 e. The molecule has 1 aliphatic rings. The van der Waals surface area contributed by atoms with Gasteiger partial charge in [-0.2, -0.15) is 0 Å². The quantitative estimate of drug-likeness (QED) is 0.688. The van der Waals surface area contributed by atoms with Gasteiger partial charge in [-0.25, -0.2) is 0 Å². The normalized spacial score (nSPS) is 31.8. The molecule has 0 spiro atoms. The van der Waals surface area contributed by atoms with Crippen LogP contribution in [-0.4, -0.2) is 19.3 Å². The number of hydrogen-bond donors (Lipinski definition) is 1. The molecule has 3 atom stereocenters. The van der Waals surface area contributed by atoms with Crippen molar-refractivity contribution in [2.75, 3.05) is 13.2 Å². The van der Waals surface area contributed by atoms with Gasteiger partial charge >= 0.3 is 0 Å². The lowest BCUT2D eigenvalue weighted by Crippen LogP contribution is -2.36. The smallest absolute Gasteiger partial charge is 0.0469 e. The lowest BCUT2D eigenvalue weighted by molar-refractivity contribution is 0.101. The van der Waals surface area contributed by atoms with E-state index in [4.69, 9.17) is 10.5 Å². The van der Waals surface area contributed by atoms with Crippen LogP contribution in [0.4, 0.5) is 0 Å². The van der Waals surface area contributed by atoms with Crippen LogP contribution in [0.3, 0.4) is 0 Å². The maximum atomic E-state index is 6.13. The van der Waals surface area contributed by atoms with Crippen molar-refractivity contribution in [3.8, 4) is 0 Å². The molecule has 3 unspecified atom stereocenters. The first kappa shape index (κ1) is 13.0. The molecule has 0 aliphatic heterocycles. The monoisotopic (exact) mass is 213 g/mol. The summed E-state index contributed by atoms with van der Waals surface area (Å²) in [5.74, 6) is 1.57. The van der Waals surface area contributed by atoms with Crippen molar-refractivity contribution < 1.29 is 4.74 Å². The molecule has 0 radical (unpaired) electrons. The van der Waals surface area contributed by atoms with Crippen molar-refractivity contribution in [3.63, 3.8) is 0 Å². The van der Waals surface area contributed by atoms with Gasteiger partial charge in [0.2, 0.25) is 0 Å². The van der Waals surface area contributed by atoms with E-state index in [1.54, 1.807) is 0 Å². The van der Waals surface area contributed by atoms with E-state index in [2.05, 4.69) is 13.8 Å². The van der Waals surface area contributed by atoms with E-state index in [1.807, 2.05) is 0 Å². The highest BCUT2D eigenvalue weighted by atomic mass is 16.5. The molecule has 0 aromatic heterocycles. The third-order valence-electron chi connectivity index (χ3n) is 3.58. The standard InChI is InChI=1S/C13H27NO/c1-3-4-8-15-9-7-12-10-11(2)5-6-13(12)14/h11-13H,3-10,14H2,1-2H3. The minimum absolute atomic E-state index is 0.427. The fourth-order valence-electron chi connectivity index (χ4n) is 2.44. The highest BCUT2D eigenvalue weighted by Crippen LogP contribution is 2.29. The van der Waals surface area contributed by atoms with E-state index in [-0.39, 0.29) is 0 Å². The summed E-state index contributed by atoms with van der Waals surface area (Å²) >= 11 is 0. The molecule has 0 bridgehead atoms. The zero-order chi connectivity index (χ0) is 11.1. The van der Waals surface area contributed by atoms with Gasteiger partial charge in [0.1, 0.15) is 0 Å². The molecule has 0 saturated heterocycles. The number of rotatable bonds is 6. The Bertz CT molecular complexity index is 161. The van der Waals surface area contributed by atoms with Crippen molar-refractivity contribution in [2.45, 2.75) is 58.4 Å². The topological polar surface area (TPSA) is 35.2 Å². The molecule has 2 nitrogen and oxygen atoms in total. The maximum absolute atomic E-state index is 6.13. The predicted octanol–water partition coefficient (Wildman–Crippen LogP) is 2.96. The molecule has 0 aromatic carbocycles. The van der Waals surface area contributed by atoms with Gasteiger partial charge in [-0.15, -0.1) is 0 Å². The van der Waals surface area contributed by atoms with Crippen LogP contribution in [-0.2, 0) is 4.74 Å². The first-order valence-corrected chi connectivity index (χ1v) is 6.57. The van der Waals surface area contributed by atoms with Gasteiger partial charge in [0.05, 0.1) is 0 Å². The van der Waals surface area contributed by atoms with Crippen molar-refractivity contribution in [1.29, 1.82) is 0 Å². The number of hydrogen-bond acceptors (Lipinski definition) is 2. The summed E-state index contributed by atoms with van der Waals surface area (Å²) in [6.07, 6.45) is 7.40. The predicted molar refractivity (Wildman–Crippen MR) is 64.8 cm³/mol. The summed E-state index contributed by atoms with van der Waals surface area (Å²) in [5.41, 5.74) is 6.13. The van der Waals surface area contributed by atoms with Crippen LogP contribution in [0.15, 0.2) is 0 Å². The van der Waals surface area contributed by atoms with Gasteiger partial charge in [-0.05, 0) is 43.9 Å². The molecular formula is C13H27NO. The average molecular weight is 213 g/mol. The van der Waals surface area contributed by atoms with Gasteiger partial charge in [0, 0.05) is 19.3 Å². The Morgan fingerprint density at radius 2 is 2.07 bits per heavy atom. The van der Waals surface area contributed by atoms with Gasteiger partial charge < -0.3 is 10.5 Å². The molecule has 2 N–H and O–H groups in total. The van der Waals surface area contributed by atoms with Gasteiger partial charge in [0.25, 0.3) is 0 Å². The summed E-state index contributed by atoms with van der Waals surface area (Å²) in [5, 5.41) is 0. The van der Waals surface area contributed by atoms with Crippen LogP contribution in [0.25, 0.3) is 0 Å². The molecular weight excluding hydrogens is 186 g/mol. The Hall–Kier alpha value is -0.0800. The Balaban J connectivity index is 2.08. The van der Waals surface area contributed by atoms with E-state index in [1.165, 1.54) is 32.1 Å². The third kappa shape index (κ3) is 4.98. The second-order valence-corrected chi connectivity index (χ2v) is 5.10. The first-order chi connectivity index (χ1) is 7.24. The molecule has 2 heteroatoms. The van der Waals surface area contributed by atoms with Crippen LogP contribution in [0.2, 0.25) is 0 Å². The Labute approximate surface area is 94.6 Å². The fraction of sp³-hybridized carbons (Fsp3) is 1.00.